The lowest BCUT2D eigenvalue weighted by Crippen LogP contribution is -2.45. The predicted octanol–water partition coefficient (Wildman–Crippen LogP) is 1.69. The third-order valence-corrected chi connectivity index (χ3v) is 5.77. The number of hydrogen-bond acceptors (Lipinski definition) is 6. The number of nitrogens with zero attached hydrogens (tertiary/aromatic N) is 2. The van der Waals surface area contributed by atoms with Crippen LogP contribution in [0.1, 0.15) is 28.8 Å². The minimum absolute atomic E-state index is 0.0736. The maximum Gasteiger partial charge on any atom is 0.265 e. The molecule has 3 aliphatic rings. The number of hydrogen-bond donors (Lipinski definition) is 1. The van der Waals surface area contributed by atoms with Crippen LogP contribution in [0.15, 0.2) is 36.4 Å². The van der Waals surface area contributed by atoms with Gasteiger partial charge in [-0.1, -0.05) is 6.07 Å². The Morgan fingerprint density at radius 2 is 1.72 bits per heavy atom. The summed E-state index contributed by atoms with van der Waals surface area (Å²) in [5.74, 6) is 1.07. The topological polar surface area (TPSA) is 97.4 Å². The zero-order valence-electron chi connectivity index (χ0n) is 17.5. The van der Waals surface area contributed by atoms with Crippen LogP contribution in [0.4, 0.5) is 5.69 Å². The normalized spacial score (nSPS) is 16.6. The zero-order valence-corrected chi connectivity index (χ0v) is 17.5. The van der Waals surface area contributed by atoms with Crippen molar-refractivity contribution in [2.75, 3.05) is 37.9 Å². The summed E-state index contributed by atoms with van der Waals surface area (Å²) in [6.07, 6.45) is 1.99. The summed E-state index contributed by atoms with van der Waals surface area (Å²) in [5, 5.41) is 2.83. The van der Waals surface area contributed by atoms with Gasteiger partial charge in [-0.05, 0) is 48.7 Å². The van der Waals surface area contributed by atoms with Gasteiger partial charge in [0.1, 0.15) is 12.3 Å². The summed E-state index contributed by atoms with van der Waals surface area (Å²) < 4.78 is 16.2. The maximum atomic E-state index is 12.8. The third kappa shape index (κ3) is 3.93. The molecule has 0 radical (unpaired) electrons. The second-order valence-corrected chi connectivity index (χ2v) is 7.91. The van der Waals surface area contributed by atoms with E-state index in [0.717, 1.165) is 31.5 Å². The van der Waals surface area contributed by atoms with Crippen LogP contribution in [0.5, 0.6) is 17.2 Å². The van der Waals surface area contributed by atoms with E-state index < -0.39 is 0 Å². The summed E-state index contributed by atoms with van der Waals surface area (Å²) in [5.41, 5.74) is 1.77. The lowest BCUT2D eigenvalue weighted by molar-refractivity contribution is -0.125. The van der Waals surface area contributed by atoms with Gasteiger partial charge in [-0.15, -0.1) is 0 Å². The van der Waals surface area contributed by atoms with Gasteiger partial charge in [0, 0.05) is 25.2 Å². The molecule has 1 fully saturated rings. The molecule has 9 heteroatoms. The molecule has 0 spiro atoms. The first-order valence-electron chi connectivity index (χ1n) is 10.6. The monoisotopic (exact) mass is 437 g/mol. The highest BCUT2D eigenvalue weighted by Gasteiger charge is 2.29. The summed E-state index contributed by atoms with van der Waals surface area (Å²) in [7, 11) is 0. The molecule has 0 unspecified atom stereocenters. The third-order valence-electron chi connectivity index (χ3n) is 5.77. The Morgan fingerprint density at radius 3 is 2.56 bits per heavy atom. The average Bonchev–Trinajstić information content (AvgIpc) is 3.50. The minimum Gasteiger partial charge on any atom is -0.482 e. The molecular weight excluding hydrogens is 414 g/mol. The first-order chi connectivity index (χ1) is 15.6. The van der Waals surface area contributed by atoms with Gasteiger partial charge in [0.2, 0.25) is 12.7 Å². The van der Waals surface area contributed by atoms with Crippen LogP contribution in [-0.4, -0.2) is 55.7 Å². The number of nitrogens with one attached hydrogen (secondary N) is 1. The Hall–Kier alpha value is -3.75. The van der Waals surface area contributed by atoms with E-state index in [4.69, 9.17) is 14.2 Å². The molecule has 2 aromatic carbocycles. The van der Waals surface area contributed by atoms with Crippen LogP contribution in [0.25, 0.3) is 0 Å². The number of carbonyl (C=O) groups is 3. The Balaban J connectivity index is 1.28. The molecule has 3 amide bonds. The molecule has 0 aliphatic carbocycles. The smallest absolute Gasteiger partial charge is 0.265 e. The van der Waals surface area contributed by atoms with Crippen molar-refractivity contribution in [3.05, 3.63) is 47.5 Å². The maximum absolute atomic E-state index is 12.8. The number of benzene rings is 2. The van der Waals surface area contributed by atoms with Gasteiger partial charge in [-0.3, -0.25) is 19.3 Å². The molecule has 1 saturated heterocycles. The van der Waals surface area contributed by atoms with Gasteiger partial charge < -0.3 is 24.4 Å². The van der Waals surface area contributed by atoms with Crippen LogP contribution in [-0.2, 0) is 16.1 Å². The number of ether oxygens (including phenoxy) is 3. The first-order valence-corrected chi connectivity index (χ1v) is 10.6. The van der Waals surface area contributed by atoms with Crippen molar-refractivity contribution in [3.8, 4) is 17.2 Å². The molecule has 1 N–H and O–H groups in total. The largest absolute Gasteiger partial charge is 0.482 e. The predicted molar refractivity (Wildman–Crippen MR) is 114 cm³/mol. The quantitative estimate of drug-likeness (QED) is 0.765. The van der Waals surface area contributed by atoms with Gasteiger partial charge in [0.05, 0.1) is 5.69 Å². The highest BCUT2D eigenvalue weighted by Crippen LogP contribution is 2.34. The van der Waals surface area contributed by atoms with Gasteiger partial charge in [0.25, 0.3) is 11.8 Å². The van der Waals surface area contributed by atoms with Gasteiger partial charge in [-0.2, -0.15) is 0 Å². The molecule has 32 heavy (non-hydrogen) atoms. The Labute approximate surface area is 184 Å². The fraction of sp³-hybridized carbons (Fsp3) is 0.348. The van der Waals surface area contributed by atoms with Crippen LogP contribution >= 0.6 is 0 Å². The van der Waals surface area contributed by atoms with Gasteiger partial charge in [-0.25, -0.2) is 0 Å². The van der Waals surface area contributed by atoms with Crippen molar-refractivity contribution in [1.82, 2.24) is 10.2 Å². The molecule has 5 rings (SSSR count). The van der Waals surface area contributed by atoms with Crippen molar-refractivity contribution < 1.29 is 28.6 Å². The van der Waals surface area contributed by atoms with Gasteiger partial charge >= 0.3 is 0 Å². The summed E-state index contributed by atoms with van der Waals surface area (Å²) in [6.45, 7) is 1.62. The van der Waals surface area contributed by atoms with E-state index in [1.807, 2.05) is 12.1 Å². The molecule has 2 aromatic rings. The molecule has 3 heterocycles. The fourth-order valence-corrected chi connectivity index (χ4v) is 4.06. The number of carbonyl (C=O) groups excluding carboxylic acids is 3. The molecule has 0 bridgehead atoms. The van der Waals surface area contributed by atoms with Crippen LogP contribution in [0.3, 0.4) is 0 Å². The van der Waals surface area contributed by atoms with E-state index in [9.17, 15) is 14.4 Å². The van der Waals surface area contributed by atoms with E-state index in [0.29, 0.717) is 28.5 Å². The summed E-state index contributed by atoms with van der Waals surface area (Å²) in [6, 6.07) is 10.5. The fourth-order valence-electron chi connectivity index (χ4n) is 4.06. The van der Waals surface area contributed by atoms with E-state index in [1.165, 1.54) is 4.90 Å². The number of anilines is 1. The molecule has 0 aromatic heterocycles. The Bertz CT molecular complexity index is 1080. The summed E-state index contributed by atoms with van der Waals surface area (Å²) >= 11 is 0. The van der Waals surface area contributed by atoms with Crippen molar-refractivity contribution in [3.63, 3.8) is 0 Å². The molecular formula is C23H23N3O6. The van der Waals surface area contributed by atoms with Crippen LogP contribution in [0, 0.1) is 0 Å². The minimum atomic E-state index is -0.332. The van der Waals surface area contributed by atoms with E-state index in [1.54, 1.807) is 29.2 Å². The molecule has 166 valence electrons. The van der Waals surface area contributed by atoms with Crippen LogP contribution < -0.4 is 24.4 Å². The standard InChI is InChI=1S/C23H23N3O6/c27-21(24-11-15-3-5-19-20(9-15)32-14-31-19)12-26-17-10-16(23(29)25-7-1-2-8-25)4-6-18(17)30-13-22(26)28/h3-6,9-10H,1-2,7-8,11-14H2,(H,24,27). The number of likely N-dealkylation sites (tertiary alicyclic amines) is 1. The number of fused-ring (bicyclic) bond motifs is 2. The lowest BCUT2D eigenvalue weighted by Gasteiger charge is -2.29. The molecule has 3 aliphatic heterocycles. The van der Waals surface area contributed by atoms with Crippen molar-refractivity contribution in [2.45, 2.75) is 19.4 Å². The SMILES string of the molecule is O=C(CN1C(=O)COc2ccc(C(=O)N3CCCC3)cc21)NCc1ccc2c(c1)OCO2. The van der Waals surface area contributed by atoms with Crippen molar-refractivity contribution >= 4 is 23.4 Å². The second-order valence-electron chi connectivity index (χ2n) is 7.91. The molecule has 0 atom stereocenters. The van der Waals surface area contributed by atoms with Crippen LogP contribution in [0.2, 0.25) is 0 Å². The molecule has 0 saturated carbocycles. The van der Waals surface area contributed by atoms with Crippen molar-refractivity contribution in [1.29, 1.82) is 0 Å². The first kappa shape index (κ1) is 20.2. The molecule has 9 nitrogen and oxygen atoms in total. The zero-order chi connectivity index (χ0) is 22.1. The number of rotatable bonds is 5. The highest BCUT2D eigenvalue weighted by molar-refractivity contribution is 6.04. The van der Waals surface area contributed by atoms with E-state index >= 15 is 0 Å². The Morgan fingerprint density at radius 1 is 0.938 bits per heavy atom. The van der Waals surface area contributed by atoms with E-state index in [-0.39, 0.29) is 44.2 Å². The van der Waals surface area contributed by atoms with E-state index in [2.05, 4.69) is 5.32 Å². The summed E-state index contributed by atoms with van der Waals surface area (Å²) in [4.78, 5) is 41.1. The second kappa shape index (κ2) is 8.41. The highest BCUT2D eigenvalue weighted by atomic mass is 16.7. The Kier molecular flexibility index (Phi) is 5.30. The number of amides is 3. The van der Waals surface area contributed by atoms with Gasteiger partial charge in [0.15, 0.2) is 18.1 Å². The lowest BCUT2D eigenvalue weighted by atomic mass is 10.1. The van der Waals surface area contributed by atoms with Crippen molar-refractivity contribution in [2.24, 2.45) is 0 Å². The average molecular weight is 437 g/mol.